The van der Waals surface area contributed by atoms with Gasteiger partial charge in [0.25, 0.3) is 0 Å². The Kier molecular flexibility index (Phi) is 16.6. The summed E-state index contributed by atoms with van der Waals surface area (Å²) in [7, 11) is 0. The third-order valence-electron chi connectivity index (χ3n) is 2.33. The van der Waals surface area contributed by atoms with Gasteiger partial charge in [0.15, 0.2) is 0 Å². The first-order chi connectivity index (χ1) is 10.3. The van der Waals surface area contributed by atoms with Crippen molar-refractivity contribution < 1.29 is 0 Å². The molecule has 0 aliphatic rings. The van der Waals surface area contributed by atoms with Gasteiger partial charge in [-0.2, -0.15) is 0 Å². The number of hydrogen-bond acceptors (Lipinski definition) is 0. The summed E-state index contributed by atoms with van der Waals surface area (Å²) < 4.78 is 0. The van der Waals surface area contributed by atoms with Crippen molar-refractivity contribution in [2.45, 2.75) is 47.5 Å². The summed E-state index contributed by atoms with van der Waals surface area (Å²) in [5.41, 5.74) is 4.09. The van der Waals surface area contributed by atoms with Crippen LogP contribution in [0.4, 0.5) is 0 Å². The molecule has 0 aliphatic carbocycles. The van der Waals surface area contributed by atoms with Gasteiger partial charge in [0, 0.05) is 0 Å². The van der Waals surface area contributed by atoms with Crippen LogP contribution in [0.15, 0.2) is 67.8 Å². The summed E-state index contributed by atoms with van der Waals surface area (Å²) in [5.74, 6) is 0. The monoisotopic (exact) mass is 284 g/mol. The molecule has 2 rings (SSSR count). The average molecular weight is 284 g/mol. The first kappa shape index (κ1) is 21.5. The SMILES string of the molecule is C=C.CC.CCC.Cc1cccc(Cc2ccccc2)c1. The molecule has 0 aromatic heterocycles. The second-order valence-electron chi connectivity index (χ2n) is 4.36. The fourth-order valence-corrected chi connectivity index (χ4v) is 1.65. The average Bonchev–Trinajstić information content (AvgIpc) is 2.53. The highest BCUT2D eigenvalue weighted by Gasteiger charge is 1.94. The van der Waals surface area contributed by atoms with Gasteiger partial charge in [0.1, 0.15) is 0 Å². The first-order valence-corrected chi connectivity index (χ1v) is 7.85. The van der Waals surface area contributed by atoms with Crippen molar-refractivity contribution in [2.75, 3.05) is 0 Å². The van der Waals surface area contributed by atoms with Crippen LogP contribution < -0.4 is 0 Å². The maximum atomic E-state index is 3.00. The lowest BCUT2D eigenvalue weighted by atomic mass is 10.0. The second kappa shape index (κ2) is 16.2. The Bertz CT molecular complexity index is 429. The normalized spacial score (nSPS) is 8.05. The summed E-state index contributed by atoms with van der Waals surface area (Å²) in [6.45, 7) is 16.4. The molecule has 0 saturated carbocycles. The van der Waals surface area contributed by atoms with Gasteiger partial charge in [-0.3, -0.25) is 0 Å². The second-order valence-corrected chi connectivity index (χ2v) is 4.36. The van der Waals surface area contributed by atoms with Gasteiger partial charge in [0.05, 0.1) is 0 Å². The standard InChI is InChI=1S/C14H14.C3H8.C2H6.C2H4/c1-12-6-5-9-14(10-12)11-13-7-3-2-4-8-13;1-3-2;2*1-2/h2-10H,11H2,1H3;3H2,1-2H3;1-2H3;1-2H2. The molecule has 0 aliphatic heterocycles. The van der Waals surface area contributed by atoms with Gasteiger partial charge in [-0.05, 0) is 24.5 Å². The molecule has 0 nitrogen and oxygen atoms in total. The third-order valence-corrected chi connectivity index (χ3v) is 2.33. The summed E-state index contributed by atoms with van der Waals surface area (Å²) in [4.78, 5) is 0. The Labute approximate surface area is 132 Å². The number of hydrogen-bond donors (Lipinski definition) is 0. The van der Waals surface area contributed by atoms with Crippen molar-refractivity contribution in [3.05, 3.63) is 84.4 Å². The molecule has 0 N–H and O–H groups in total. The van der Waals surface area contributed by atoms with Crippen molar-refractivity contribution >= 4 is 0 Å². The highest BCUT2D eigenvalue weighted by molar-refractivity contribution is 5.28. The predicted octanol–water partition coefficient (Wildman–Crippen LogP) is 6.83. The quantitative estimate of drug-likeness (QED) is 0.530. The highest BCUT2D eigenvalue weighted by Crippen LogP contribution is 2.10. The zero-order valence-electron chi connectivity index (χ0n) is 14.5. The summed E-state index contributed by atoms with van der Waals surface area (Å²) in [6, 6.07) is 19.2. The molecule has 0 heterocycles. The Morgan fingerprint density at radius 3 is 1.71 bits per heavy atom. The molecule has 0 fully saturated rings. The van der Waals surface area contributed by atoms with E-state index in [1.807, 2.05) is 13.8 Å². The van der Waals surface area contributed by atoms with Gasteiger partial charge in [-0.1, -0.05) is 94.3 Å². The lowest BCUT2D eigenvalue weighted by Crippen LogP contribution is -1.87. The van der Waals surface area contributed by atoms with E-state index in [2.05, 4.69) is 88.5 Å². The van der Waals surface area contributed by atoms with Gasteiger partial charge < -0.3 is 0 Å². The molecule has 0 bridgehead atoms. The smallest absolute Gasteiger partial charge is 0.00257 e. The minimum atomic E-state index is 1.03. The predicted molar refractivity (Wildman–Crippen MR) is 99.0 cm³/mol. The number of rotatable bonds is 2. The Morgan fingerprint density at radius 1 is 0.762 bits per heavy atom. The van der Waals surface area contributed by atoms with Gasteiger partial charge in [-0.15, -0.1) is 13.2 Å². The van der Waals surface area contributed by atoms with Crippen LogP contribution in [-0.2, 0) is 6.42 Å². The Balaban J connectivity index is 0. The van der Waals surface area contributed by atoms with E-state index >= 15 is 0 Å². The van der Waals surface area contributed by atoms with E-state index in [0.717, 1.165) is 6.42 Å². The van der Waals surface area contributed by atoms with Crippen molar-refractivity contribution in [3.8, 4) is 0 Å². The molecule has 116 valence electrons. The van der Waals surface area contributed by atoms with Crippen LogP contribution in [0, 0.1) is 6.92 Å². The van der Waals surface area contributed by atoms with Crippen LogP contribution in [0.1, 0.15) is 50.8 Å². The molecular formula is C21H32. The fraction of sp³-hybridized carbons (Fsp3) is 0.333. The van der Waals surface area contributed by atoms with E-state index in [4.69, 9.17) is 0 Å². The van der Waals surface area contributed by atoms with E-state index in [9.17, 15) is 0 Å². The maximum absolute atomic E-state index is 3.00. The molecule has 0 amide bonds. The van der Waals surface area contributed by atoms with Crippen LogP contribution in [0.3, 0.4) is 0 Å². The Morgan fingerprint density at radius 2 is 1.24 bits per heavy atom. The third kappa shape index (κ3) is 11.7. The zero-order chi connectivity index (χ0) is 16.5. The summed E-state index contributed by atoms with van der Waals surface area (Å²) in [5, 5.41) is 0. The number of benzene rings is 2. The molecule has 0 spiro atoms. The lowest BCUT2D eigenvalue weighted by Gasteiger charge is -2.02. The zero-order valence-corrected chi connectivity index (χ0v) is 14.5. The largest absolute Gasteiger partial charge is 0.106 e. The van der Waals surface area contributed by atoms with E-state index < -0.39 is 0 Å². The highest BCUT2D eigenvalue weighted by atomic mass is 14.0. The molecule has 0 saturated heterocycles. The van der Waals surface area contributed by atoms with Crippen LogP contribution >= 0.6 is 0 Å². The van der Waals surface area contributed by atoms with Crippen LogP contribution in [0.2, 0.25) is 0 Å². The number of aryl methyl sites for hydroxylation is 1. The fourth-order valence-electron chi connectivity index (χ4n) is 1.65. The van der Waals surface area contributed by atoms with Crippen LogP contribution in [-0.4, -0.2) is 0 Å². The summed E-state index contributed by atoms with van der Waals surface area (Å²) in [6.07, 6.45) is 2.28. The molecule has 21 heavy (non-hydrogen) atoms. The topological polar surface area (TPSA) is 0 Å². The molecule has 0 atom stereocenters. The van der Waals surface area contributed by atoms with Gasteiger partial charge in [-0.25, -0.2) is 0 Å². The maximum Gasteiger partial charge on any atom is -0.00257 e. The van der Waals surface area contributed by atoms with E-state index in [1.165, 1.54) is 23.1 Å². The molecule has 2 aromatic carbocycles. The van der Waals surface area contributed by atoms with Gasteiger partial charge >= 0.3 is 0 Å². The molecule has 2 aromatic rings. The van der Waals surface area contributed by atoms with Crippen molar-refractivity contribution in [1.82, 2.24) is 0 Å². The summed E-state index contributed by atoms with van der Waals surface area (Å²) >= 11 is 0. The first-order valence-electron chi connectivity index (χ1n) is 7.85. The van der Waals surface area contributed by atoms with Crippen LogP contribution in [0.25, 0.3) is 0 Å². The molecule has 0 radical (unpaired) electrons. The van der Waals surface area contributed by atoms with Crippen molar-refractivity contribution in [3.63, 3.8) is 0 Å². The Hall–Kier alpha value is -1.82. The van der Waals surface area contributed by atoms with E-state index in [1.54, 1.807) is 0 Å². The molecular weight excluding hydrogens is 252 g/mol. The molecule has 0 unspecified atom stereocenters. The van der Waals surface area contributed by atoms with E-state index in [0.29, 0.717) is 0 Å². The van der Waals surface area contributed by atoms with Crippen molar-refractivity contribution in [1.29, 1.82) is 0 Å². The minimum absolute atomic E-state index is 1.03. The van der Waals surface area contributed by atoms with Crippen molar-refractivity contribution in [2.24, 2.45) is 0 Å². The van der Waals surface area contributed by atoms with Crippen LogP contribution in [0.5, 0.6) is 0 Å². The molecule has 0 heteroatoms. The minimum Gasteiger partial charge on any atom is -0.106 e. The lowest BCUT2D eigenvalue weighted by molar-refractivity contribution is 1.09. The van der Waals surface area contributed by atoms with Gasteiger partial charge in [0.2, 0.25) is 0 Å². The van der Waals surface area contributed by atoms with E-state index in [-0.39, 0.29) is 0 Å².